The molecule has 11 aromatic rings. The lowest BCUT2D eigenvalue weighted by Crippen LogP contribution is -2.10. The largest absolute Gasteiger partial charge is 0.310 e. The van der Waals surface area contributed by atoms with Gasteiger partial charge in [0.15, 0.2) is 0 Å². The van der Waals surface area contributed by atoms with E-state index >= 15 is 0 Å². The summed E-state index contributed by atoms with van der Waals surface area (Å²) in [6, 6.07) is 80.4. The second-order valence-electron chi connectivity index (χ2n) is 15.2. The average molecular weight is 815 g/mol. The lowest BCUT2D eigenvalue weighted by atomic mass is 9.92. The number of fused-ring (bicyclic) bond motifs is 3. The molecule has 0 bridgehead atoms. The summed E-state index contributed by atoms with van der Waals surface area (Å²) in [5.41, 5.74) is 14.6. The van der Waals surface area contributed by atoms with E-state index in [0.717, 1.165) is 65.0 Å². The lowest BCUT2D eigenvalue weighted by Gasteiger charge is -2.28. The van der Waals surface area contributed by atoms with E-state index in [4.69, 9.17) is 17.6 Å². The van der Waals surface area contributed by atoms with Gasteiger partial charge in [0, 0.05) is 38.3 Å². The van der Waals surface area contributed by atoms with Crippen LogP contribution in [0.5, 0.6) is 0 Å². The number of aromatic nitrogens is 1. The number of thiazole rings is 1. The van der Waals surface area contributed by atoms with Gasteiger partial charge in [0.25, 0.3) is 0 Å². The van der Waals surface area contributed by atoms with Crippen LogP contribution in [0.2, 0.25) is 0 Å². The Morgan fingerprint density at radius 1 is 0.393 bits per heavy atom. The van der Waals surface area contributed by atoms with Gasteiger partial charge in [0.05, 0.1) is 15.9 Å². The van der Waals surface area contributed by atoms with Gasteiger partial charge < -0.3 is 4.90 Å². The minimum atomic E-state index is 0.903. The summed E-state index contributed by atoms with van der Waals surface area (Å²) in [4.78, 5) is 8.46. The molecule has 0 saturated heterocycles. The molecule has 0 unspecified atom stereocenters. The van der Waals surface area contributed by atoms with Gasteiger partial charge in [-0.15, -0.1) is 24.0 Å². The van der Waals surface area contributed by atoms with E-state index in [-0.39, 0.29) is 0 Å². The van der Waals surface area contributed by atoms with Crippen LogP contribution in [-0.2, 0) is 0 Å². The Morgan fingerprint density at radius 3 is 1.59 bits per heavy atom. The molecule has 0 aliphatic rings. The summed E-state index contributed by atoms with van der Waals surface area (Å²) in [5.74, 6) is 0. The quantitative estimate of drug-likeness (QED) is 0.154. The highest BCUT2D eigenvalue weighted by Gasteiger charge is 2.22. The van der Waals surface area contributed by atoms with Gasteiger partial charge in [0.2, 0.25) is 0 Å². The van der Waals surface area contributed by atoms with Gasteiger partial charge in [-0.1, -0.05) is 188 Å². The zero-order chi connectivity index (χ0) is 40.7. The van der Waals surface area contributed by atoms with Gasteiger partial charge in [0.1, 0.15) is 5.01 Å². The molecule has 0 atom stereocenters. The molecule has 0 aliphatic carbocycles. The Bertz CT molecular complexity index is 3340. The molecule has 2 nitrogen and oxygen atoms in total. The van der Waals surface area contributed by atoms with Crippen molar-refractivity contribution in [3.63, 3.8) is 0 Å². The Balaban J connectivity index is 1.09. The third-order valence-electron chi connectivity index (χ3n) is 11.6. The summed E-state index contributed by atoms with van der Waals surface area (Å²) < 4.78 is 1.15. The fourth-order valence-electron chi connectivity index (χ4n) is 8.74. The van der Waals surface area contributed by atoms with E-state index in [2.05, 4.69) is 223 Å². The van der Waals surface area contributed by atoms with E-state index in [1.165, 1.54) is 43.8 Å². The average Bonchev–Trinajstić information content (AvgIpc) is 3.76. The molecule has 1 aromatic heterocycles. The lowest BCUT2D eigenvalue weighted by molar-refractivity contribution is 1.30. The Hall–Kier alpha value is -7.24. The Morgan fingerprint density at radius 2 is 0.902 bits per heavy atom. The third-order valence-corrected chi connectivity index (χ3v) is 13.1. The van der Waals surface area contributed by atoms with Gasteiger partial charge in [-0.3, -0.25) is 0 Å². The van der Waals surface area contributed by atoms with Crippen molar-refractivity contribution in [2.24, 2.45) is 0 Å². The van der Waals surface area contributed by atoms with Crippen LogP contribution in [0.1, 0.15) is 0 Å². The number of hydrogen-bond donors (Lipinski definition) is 1. The normalized spacial score (nSPS) is 11.4. The van der Waals surface area contributed by atoms with Crippen LogP contribution in [0.4, 0.5) is 17.1 Å². The third kappa shape index (κ3) is 6.76. The molecule has 1 heterocycles. The summed E-state index contributed by atoms with van der Waals surface area (Å²) in [6.45, 7) is 0. The van der Waals surface area contributed by atoms with E-state index in [1.807, 2.05) is 6.07 Å². The number of hydrogen-bond acceptors (Lipinski definition) is 4. The first-order chi connectivity index (χ1) is 30.2. The van der Waals surface area contributed by atoms with E-state index < -0.39 is 0 Å². The predicted octanol–water partition coefficient (Wildman–Crippen LogP) is 16.7. The summed E-state index contributed by atoms with van der Waals surface area (Å²) in [5, 5.41) is 5.87. The number of benzene rings is 10. The summed E-state index contributed by atoms with van der Waals surface area (Å²) >= 11 is 6.87. The Kier molecular flexibility index (Phi) is 9.50. The van der Waals surface area contributed by atoms with Crippen LogP contribution in [0.15, 0.2) is 229 Å². The summed E-state index contributed by atoms with van der Waals surface area (Å²) in [6.07, 6.45) is 0. The molecule has 0 spiro atoms. The van der Waals surface area contributed by atoms with Gasteiger partial charge >= 0.3 is 0 Å². The predicted molar refractivity (Wildman–Crippen MR) is 264 cm³/mol. The smallest absolute Gasteiger partial charge is 0.124 e. The molecule has 0 aliphatic heterocycles. The van der Waals surface area contributed by atoms with E-state index in [1.54, 1.807) is 11.3 Å². The van der Waals surface area contributed by atoms with E-state index in [9.17, 15) is 0 Å². The minimum absolute atomic E-state index is 0.903. The molecular formula is C57H38N2S2. The minimum Gasteiger partial charge on any atom is -0.310 e. The molecule has 0 amide bonds. The molecule has 4 heteroatoms. The number of thiol groups is 1. The standard InChI is InChI=1S/C57H38N2S2/c60-53-37-51-56(61-57(58-51)43-20-8-3-9-21-43)55(54(53)41-18-6-2-7-19-41)42-29-33-45(34-30-42)59(44-31-27-39(28-32-44)38-15-4-1-5-16-38)52-36-35-49(48-24-12-13-25-50(48)52)47-26-14-22-40-17-10-11-23-46(40)47/h1-37,60H. The van der Waals surface area contributed by atoms with Crippen LogP contribution in [0, 0.1) is 0 Å². The van der Waals surface area contributed by atoms with Crippen LogP contribution < -0.4 is 4.90 Å². The maximum atomic E-state index is 5.15. The topological polar surface area (TPSA) is 16.1 Å². The van der Waals surface area contributed by atoms with Gasteiger partial charge in [-0.05, 0) is 85.9 Å². The molecule has 0 fully saturated rings. The molecule has 11 rings (SSSR count). The molecular weight excluding hydrogens is 777 g/mol. The maximum absolute atomic E-state index is 5.15. The van der Waals surface area contributed by atoms with Gasteiger partial charge in [-0.25, -0.2) is 4.98 Å². The van der Waals surface area contributed by atoms with Crippen LogP contribution in [0.3, 0.4) is 0 Å². The first-order valence-corrected chi connectivity index (χ1v) is 21.8. The van der Waals surface area contributed by atoms with Crippen molar-refractivity contribution in [3.05, 3.63) is 224 Å². The number of anilines is 3. The maximum Gasteiger partial charge on any atom is 0.124 e. The second-order valence-corrected chi connectivity index (χ2v) is 16.7. The fraction of sp³-hybridized carbons (Fsp3) is 0. The van der Waals surface area contributed by atoms with Crippen molar-refractivity contribution in [1.82, 2.24) is 4.98 Å². The monoisotopic (exact) mass is 814 g/mol. The molecule has 0 saturated carbocycles. The highest BCUT2D eigenvalue weighted by molar-refractivity contribution is 7.80. The molecule has 0 radical (unpaired) electrons. The number of nitrogens with zero attached hydrogens (tertiary/aromatic N) is 2. The zero-order valence-electron chi connectivity index (χ0n) is 33.1. The fourth-order valence-corrected chi connectivity index (χ4v) is 10.2. The first-order valence-electron chi connectivity index (χ1n) is 20.5. The van der Waals surface area contributed by atoms with Crippen LogP contribution in [-0.4, -0.2) is 4.98 Å². The second kappa shape index (κ2) is 15.7. The van der Waals surface area contributed by atoms with Crippen molar-refractivity contribution < 1.29 is 0 Å². The van der Waals surface area contributed by atoms with Crippen molar-refractivity contribution in [2.45, 2.75) is 4.90 Å². The van der Waals surface area contributed by atoms with Crippen LogP contribution >= 0.6 is 24.0 Å². The van der Waals surface area contributed by atoms with Crippen molar-refractivity contribution in [1.29, 1.82) is 0 Å². The highest BCUT2D eigenvalue weighted by Crippen LogP contribution is 2.48. The van der Waals surface area contributed by atoms with E-state index in [0.29, 0.717) is 0 Å². The zero-order valence-corrected chi connectivity index (χ0v) is 34.8. The van der Waals surface area contributed by atoms with Crippen LogP contribution in [0.25, 0.3) is 86.8 Å². The highest BCUT2D eigenvalue weighted by atomic mass is 32.1. The molecule has 0 N–H and O–H groups in total. The number of rotatable bonds is 8. The Labute approximate surface area is 365 Å². The van der Waals surface area contributed by atoms with Crippen molar-refractivity contribution >= 4 is 72.8 Å². The molecule has 288 valence electrons. The summed E-state index contributed by atoms with van der Waals surface area (Å²) in [7, 11) is 0. The first kappa shape index (κ1) is 36.8. The molecule has 10 aromatic carbocycles. The van der Waals surface area contributed by atoms with Crippen molar-refractivity contribution in [3.8, 4) is 55.1 Å². The SMILES string of the molecule is Sc1cc2nc(-c3ccccc3)sc2c(-c2ccc(N(c3ccc(-c4ccccc4)cc3)c3ccc(-c4cccc5ccccc45)c4ccccc34)cc2)c1-c1ccccc1. The molecule has 61 heavy (non-hydrogen) atoms. The van der Waals surface area contributed by atoms with Gasteiger partial charge in [-0.2, -0.15) is 0 Å². The van der Waals surface area contributed by atoms with Crippen molar-refractivity contribution in [2.75, 3.05) is 4.90 Å².